The van der Waals surface area contributed by atoms with Gasteiger partial charge in [0.1, 0.15) is 0 Å². The molecule has 1 saturated heterocycles. The van der Waals surface area contributed by atoms with Crippen LogP contribution < -0.4 is 5.73 Å². The maximum absolute atomic E-state index is 12.9. The highest BCUT2D eigenvalue weighted by molar-refractivity contribution is 6.31. The molecule has 1 aliphatic carbocycles. The molecule has 0 bridgehead atoms. The van der Waals surface area contributed by atoms with Gasteiger partial charge in [-0.3, -0.25) is 9.59 Å². The Morgan fingerprint density at radius 1 is 1.30 bits per heavy atom. The molecule has 1 saturated carbocycles. The highest BCUT2D eigenvalue weighted by atomic mass is 35.5. The average Bonchev–Trinajstić information content (AvgIpc) is 3.22. The Labute approximate surface area is 164 Å². The average molecular weight is 388 g/mol. The fourth-order valence-corrected chi connectivity index (χ4v) is 5.29. The predicted molar refractivity (Wildman–Crippen MR) is 107 cm³/mol. The van der Waals surface area contributed by atoms with Gasteiger partial charge in [0.15, 0.2) is 0 Å². The Morgan fingerprint density at radius 3 is 2.74 bits per heavy atom. The van der Waals surface area contributed by atoms with E-state index in [1.54, 1.807) is 0 Å². The smallest absolute Gasteiger partial charge is 0.223 e. The molecule has 2 aliphatic rings. The van der Waals surface area contributed by atoms with E-state index in [-0.39, 0.29) is 36.2 Å². The Bertz CT molecular complexity index is 871. The van der Waals surface area contributed by atoms with Gasteiger partial charge >= 0.3 is 0 Å². The summed E-state index contributed by atoms with van der Waals surface area (Å²) in [6.45, 7) is 2.10. The van der Waals surface area contributed by atoms with Crippen LogP contribution in [0.1, 0.15) is 56.9 Å². The van der Waals surface area contributed by atoms with Gasteiger partial charge in [0.25, 0.3) is 0 Å². The third kappa shape index (κ3) is 3.22. The fraction of sp³-hybridized carbons (Fsp3) is 0.524. The molecule has 2 fully saturated rings. The molecule has 0 radical (unpaired) electrons. The minimum absolute atomic E-state index is 0.0110. The third-order valence-electron chi connectivity index (χ3n) is 6.43. The number of aromatic amines is 1. The van der Waals surface area contributed by atoms with Crippen LogP contribution in [0.4, 0.5) is 0 Å². The lowest BCUT2D eigenvalue weighted by Gasteiger charge is -2.39. The van der Waals surface area contributed by atoms with Gasteiger partial charge in [0.2, 0.25) is 11.8 Å². The minimum Gasteiger partial charge on any atom is -0.369 e. The number of halogens is 1. The molecule has 3 unspecified atom stereocenters. The second kappa shape index (κ2) is 7.19. The molecule has 3 N–H and O–H groups in total. The van der Waals surface area contributed by atoms with Gasteiger partial charge in [-0.1, -0.05) is 37.8 Å². The number of amides is 2. The van der Waals surface area contributed by atoms with Gasteiger partial charge < -0.3 is 15.6 Å². The summed E-state index contributed by atoms with van der Waals surface area (Å²) in [5, 5.41) is 1.72. The molecule has 5 nitrogen and oxygen atoms in total. The van der Waals surface area contributed by atoms with Gasteiger partial charge in [-0.15, -0.1) is 0 Å². The van der Waals surface area contributed by atoms with Crippen molar-refractivity contribution >= 4 is 34.3 Å². The van der Waals surface area contributed by atoms with Crippen molar-refractivity contribution in [3.8, 4) is 0 Å². The summed E-state index contributed by atoms with van der Waals surface area (Å²) in [6.07, 6.45) is 7.73. The highest BCUT2D eigenvalue weighted by Gasteiger charge is 2.48. The normalized spacial score (nSPS) is 25.3. The highest BCUT2D eigenvalue weighted by Crippen LogP contribution is 2.41. The van der Waals surface area contributed by atoms with Crippen molar-refractivity contribution in [3.63, 3.8) is 0 Å². The molecule has 1 aromatic heterocycles. The number of primary amides is 1. The number of hydrogen-bond acceptors (Lipinski definition) is 2. The van der Waals surface area contributed by atoms with Crippen LogP contribution in [0.2, 0.25) is 5.02 Å². The van der Waals surface area contributed by atoms with E-state index in [2.05, 4.69) is 11.9 Å². The summed E-state index contributed by atoms with van der Waals surface area (Å²) in [4.78, 5) is 30.4. The molecule has 1 aliphatic heterocycles. The molecule has 2 amide bonds. The van der Waals surface area contributed by atoms with Crippen molar-refractivity contribution in [3.05, 3.63) is 35.0 Å². The van der Waals surface area contributed by atoms with E-state index < -0.39 is 5.92 Å². The Balaban J connectivity index is 1.74. The van der Waals surface area contributed by atoms with E-state index >= 15 is 0 Å². The van der Waals surface area contributed by atoms with Gasteiger partial charge in [-0.05, 0) is 36.6 Å². The van der Waals surface area contributed by atoms with Crippen molar-refractivity contribution < 1.29 is 9.59 Å². The number of aromatic nitrogens is 1. The summed E-state index contributed by atoms with van der Waals surface area (Å²) in [7, 11) is 0. The topological polar surface area (TPSA) is 79.2 Å². The molecule has 6 heteroatoms. The molecular formula is C21H26ClN3O2. The Morgan fingerprint density at radius 2 is 2.04 bits per heavy atom. The number of hydrogen-bond donors (Lipinski definition) is 2. The minimum atomic E-state index is -0.446. The summed E-state index contributed by atoms with van der Waals surface area (Å²) >= 11 is 6.21. The number of nitrogens with zero attached hydrogens (tertiary/aromatic N) is 1. The number of H-pyrrole nitrogens is 1. The van der Waals surface area contributed by atoms with E-state index in [1.165, 1.54) is 6.42 Å². The fourth-order valence-electron chi connectivity index (χ4n) is 5.11. The second-order valence-electron chi connectivity index (χ2n) is 8.02. The monoisotopic (exact) mass is 387 g/mol. The first-order valence-corrected chi connectivity index (χ1v) is 10.2. The number of carbonyl (C=O) groups is 2. The van der Waals surface area contributed by atoms with Crippen molar-refractivity contribution in [2.75, 3.05) is 0 Å². The van der Waals surface area contributed by atoms with E-state index in [1.807, 2.05) is 29.3 Å². The first kappa shape index (κ1) is 18.4. The van der Waals surface area contributed by atoms with Crippen molar-refractivity contribution in [1.29, 1.82) is 0 Å². The van der Waals surface area contributed by atoms with Crippen LogP contribution in [-0.4, -0.2) is 33.8 Å². The molecule has 3 atom stereocenters. The van der Waals surface area contributed by atoms with Gasteiger partial charge in [-0.2, -0.15) is 0 Å². The SMILES string of the molecule is CC(c1c[nH]c2ccc(Cl)cc12)C1C(C(N)=O)CC(=O)N1C1CCCCC1. The zero-order chi connectivity index (χ0) is 19.1. The number of benzene rings is 1. The van der Waals surface area contributed by atoms with Gasteiger partial charge in [0, 0.05) is 40.5 Å². The van der Waals surface area contributed by atoms with Crippen LogP contribution in [0.25, 0.3) is 10.9 Å². The van der Waals surface area contributed by atoms with Gasteiger partial charge in [-0.25, -0.2) is 0 Å². The van der Waals surface area contributed by atoms with E-state index in [0.717, 1.165) is 42.1 Å². The quantitative estimate of drug-likeness (QED) is 0.832. The third-order valence-corrected chi connectivity index (χ3v) is 6.66. The van der Waals surface area contributed by atoms with Crippen LogP contribution in [0.5, 0.6) is 0 Å². The van der Waals surface area contributed by atoms with E-state index in [9.17, 15) is 9.59 Å². The second-order valence-corrected chi connectivity index (χ2v) is 8.46. The zero-order valence-electron chi connectivity index (χ0n) is 15.6. The number of likely N-dealkylation sites (tertiary alicyclic amines) is 1. The maximum atomic E-state index is 12.9. The predicted octanol–water partition coefficient (Wildman–Crippen LogP) is 3.96. The number of rotatable bonds is 4. The number of carbonyl (C=O) groups excluding carboxylic acids is 2. The Hall–Kier alpha value is -2.01. The lowest BCUT2D eigenvalue weighted by molar-refractivity contribution is -0.132. The molecule has 2 heterocycles. The molecule has 27 heavy (non-hydrogen) atoms. The van der Waals surface area contributed by atoms with Crippen LogP contribution in [0.3, 0.4) is 0 Å². The van der Waals surface area contributed by atoms with Crippen LogP contribution in [0.15, 0.2) is 24.4 Å². The van der Waals surface area contributed by atoms with Gasteiger partial charge in [0.05, 0.1) is 12.0 Å². The first-order valence-electron chi connectivity index (χ1n) is 9.84. The molecule has 0 spiro atoms. The van der Waals surface area contributed by atoms with Crippen LogP contribution >= 0.6 is 11.6 Å². The molecular weight excluding hydrogens is 362 g/mol. The Kier molecular flexibility index (Phi) is 4.89. The van der Waals surface area contributed by atoms with Crippen molar-refractivity contribution in [2.45, 2.75) is 63.5 Å². The largest absolute Gasteiger partial charge is 0.369 e. The number of nitrogens with two attached hydrogens (primary N) is 1. The molecule has 144 valence electrons. The lowest BCUT2D eigenvalue weighted by atomic mass is 9.83. The van der Waals surface area contributed by atoms with E-state index in [4.69, 9.17) is 17.3 Å². The standard InChI is InChI=1S/C21H26ClN3O2/c1-12(17-11-24-18-8-7-13(22)9-15(17)18)20-16(21(23)27)10-19(26)25(20)14-5-3-2-4-6-14/h7-9,11-12,14,16,20,24H,2-6,10H2,1H3,(H2,23,27). The number of nitrogens with one attached hydrogen (secondary N) is 1. The zero-order valence-corrected chi connectivity index (χ0v) is 16.3. The summed E-state index contributed by atoms with van der Waals surface area (Å²) < 4.78 is 0. The van der Waals surface area contributed by atoms with Crippen LogP contribution in [-0.2, 0) is 9.59 Å². The summed E-state index contributed by atoms with van der Waals surface area (Å²) in [5.41, 5.74) is 7.81. The molecule has 1 aromatic carbocycles. The summed E-state index contributed by atoms with van der Waals surface area (Å²) in [6, 6.07) is 5.78. The lowest BCUT2D eigenvalue weighted by Crippen LogP contribution is -2.48. The molecule has 2 aromatic rings. The number of fused-ring (bicyclic) bond motifs is 1. The first-order chi connectivity index (χ1) is 13.0. The van der Waals surface area contributed by atoms with Crippen molar-refractivity contribution in [1.82, 2.24) is 9.88 Å². The van der Waals surface area contributed by atoms with Crippen molar-refractivity contribution in [2.24, 2.45) is 11.7 Å². The molecule has 4 rings (SSSR count). The van der Waals surface area contributed by atoms with E-state index in [0.29, 0.717) is 5.02 Å². The summed E-state index contributed by atoms with van der Waals surface area (Å²) in [5.74, 6) is -0.765. The van der Waals surface area contributed by atoms with Crippen LogP contribution in [0, 0.1) is 5.92 Å². The maximum Gasteiger partial charge on any atom is 0.223 e.